The third kappa shape index (κ3) is 5.23. The van der Waals surface area contributed by atoms with E-state index in [1.165, 1.54) is 0 Å². The zero-order valence-corrected chi connectivity index (χ0v) is 15.9. The van der Waals surface area contributed by atoms with E-state index < -0.39 is 0 Å². The molecular weight excluding hydrogens is 361 g/mol. The number of likely N-dealkylation sites (tertiary alicyclic amines) is 1. The maximum atomic E-state index is 12.2. The average molecular weight is 386 g/mol. The maximum absolute atomic E-state index is 12.2. The Morgan fingerprint density at radius 1 is 0.960 bits per heavy atom. The van der Waals surface area contributed by atoms with Crippen molar-refractivity contribution in [3.05, 3.63) is 28.2 Å². The first kappa shape index (κ1) is 18.8. The minimum absolute atomic E-state index is 0.280. The molecule has 2 heterocycles. The number of amides is 1. The fourth-order valence-electron chi connectivity index (χ4n) is 3.33. The summed E-state index contributed by atoms with van der Waals surface area (Å²) < 4.78 is 5.75. The van der Waals surface area contributed by atoms with Crippen molar-refractivity contribution in [1.82, 2.24) is 14.7 Å². The summed E-state index contributed by atoms with van der Waals surface area (Å²) in [6, 6.07) is 5.36. The van der Waals surface area contributed by atoms with Crippen LogP contribution in [0.4, 0.5) is 0 Å². The van der Waals surface area contributed by atoms with Gasteiger partial charge in [-0.25, -0.2) is 0 Å². The summed E-state index contributed by atoms with van der Waals surface area (Å²) in [7, 11) is 0. The molecule has 0 unspecified atom stereocenters. The van der Waals surface area contributed by atoms with Gasteiger partial charge in [0.25, 0.3) is 0 Å². The number of nitrogens with zero attached hydrogens (tertiary/aromatic N) is 3. The highest BCUT2D eigenvalue weighted by molar-refractivity contribution is 6.37. The summed E-state index contributed by atoms with van der Waals surface area (Å²) in [5.41, 5.74) is 0. The fourth-order valence-corrected chi connectivity index (χ4v) is 3.83. The molecule has 0 bridgehead atoms. The second kappa shape index (κ2) is 9.08. The van der Waals surface area contributed by atoms with Crippen molar-refractivity contribution in [3.63, 3.8) is 0 Å². The minimum Gasteiger partial charge on any atom is -0.489 e. The Morgan fingerprint density at radius 3 is 2.20 bits per heavy atom. The molecule has 2 aliphatic heterocycles. The van der Waals surface area contributed by atoms with Crippen LogP contribution in [0, 0.1) is 0 Å². The van der Waals surface area contributed by atoms with Gasteiger partial charge in [-0.3, -0.25) is 14.6 Å². The third-order valence-electron chi connectivity index (χ3n) is 4.86. The van der Waals surface area contributed by atoms with Gasteiger partial charge < -0.3 is 9.64 Å². The highest BCUT2D eigenvalue weighted by Crippen LogP contribution is 2.32. The molecule has 2 fully saturated rings. The predicted octanol–water partition coefficient (Wildman–Crippen LogP) is 2.61. The maximum Gasteiger partial charge on any atom is 0.236 e. The van der Waals surface area contributed by atoms with Gasteiger partial charge in [-0.05, 0) is 25.0 Å². The van der Waals surface area contributed by atoms with Gasteiger partial charge in [0.05, 0.1) is 16.6 Å². The van der Waals surface area contributed by atoms with Gasteiger partial charge in [-0.15, -0.1) is 0 Å². The zero-order valence-electron chi connectivity index (χ0n) is 14.4. The number of para-hydroxylation sites is 1. The standard InChI is InChI=1S/C18H25Cl2N3O2/c19-15-4-3-5-16(20)18(15)25-13-12-21-8-10-22(11-9-21)14-17(24)23-6-1-2-7-23/h3-5H,1-2,6-14H2. The van der Waals surface area contributed by atoms with Crippen LogP contribution in [0.5, 0.6) is 5.75 Å². The molecule has 0 aliphatic carbocycles. The average Bonchev–Trinajstić information content (AvgIpc) is 3.14. The largest absolute Gasteiger partial charge is 0.489 e. The first-order valence-corrected chi connectivity index (χ1v) is 9.68. The predicted molar refractivity (Wildman–Crippen MR) is 101 cm³/mol. The smallest absolute Gasteiger partial charge is 0.236 e. The molecule has 0 spiro atoms. The van der Waals surface area contributed by atoms with Crippen molar-refractivity contribution in [1.29, 1.82) is 0 Å². The van der Waals surface area contributed by atoms with Gasteiger partial charge in [-0.2, -0.15) is 0 Å². The van der Waals surface area contributed by atoms with Crippen LogP contribution < -0.4 is 4.74 Å². The fraction of sp³-hybridized carbons (Fsp3) is 0.611. The summed E-state index contributed by atoms with van der Waals surface area (Å²) in [5.74, 6) is 0.836. The lowest BCUT2D eigenvalue weighted by atomic mass is 10.3. The quantitative estimate of drug-likeness (QED) is 0.753. The lowest BCUT2D eigenvalue weighted by Crippen LogP contribution is -2.50. The van der Waals surface area contributed by atoms with Crippen LogP contribution in [0.2, 0.25) is 10.0 Å². The topological polar surface area (TPSA) is 36.0 Å². The molecular formula is C18H25Cl2N3O2. The molecule has 2 saturated heterocycles. The number of benzene rings is 1. The molecule has 3 rings (SSSR count). The molecule has 0 saturated carbocycles. The number of halogens is 2. The summed E-state index contributed by atoms with van der Waals surface area (Å²) in [5, 5.41) is 1.08. The molecule has 1 aromatic rings. The molecule has 0 aromatic heterocycles. The summed E-state index contributed by atoms with van der Waals surface area (Å²) >= 11 is 12.2. The van der Waals surface area contributed by atoms with Crippen molar-refractivity contribution in [2.24, 2.45) is 0 Å². The molecule has 0 N–H and O–H groups in total. The molecule has 1 aromatic carbocycles. The molecule has 5 nitrogen and oxygen atoms in total. The van der Waals surface area contributed by atoms with Crippen molar-refractivity contribution >= 4 is 29.1 Å². The SMILES string of the molecule is O=C(CN1CCN(CCOc2c(Cl)cccc2Cl)CC1)N1CCCC1. The summed E-state index contributed by atoms with van der Waals surface area (Å²) in [6.07, 6.45) is 2.30. The van der Waals surface area contributed by atoms with Crippen LogP contribution in [0.1, 0.15) is 12.8 Å². The number of piperazine rings is 1. The molecule has 138 valence electrons. The Bertz CT molecular complexity index is 565. The molecule has 7 heteroatoms. The van der Waals surface area contributed by atoms with E-state index >= 15 is 0 Å². The molecule has 25 heavy (non-hydrogen) atoms. The van der Waals surface area contributed by atoms with Crippen LogP contribution in [0.3, 0.4) is 0 Å². The van der Waals surface area contributed by atoms with Gasteiger partial charge in [0.15, 0.2) is 5.75 Å². The Balaban J connectivity index is 1.36. The number of hydrogen-bond acceptors (Lipinski definition) is 4. The van der Waals surface area contributed by atoms with Gasteiger partial charge in [0.1, 0.15) is 6.61 Å². The van der Waals surface area contributed by atoms with E-state index in [0.29, 0.717) is 28.9 Å². The first-order valence-electron chi connectivity index (χ1n) is 8.93. The number of hydrogen-bond donors (Lipinski definition) is 0. The van der Waals surface area contributed by atoms with Gasteiger partial charge >= 0.3 is 0 Å². The van der Waals surface area contributed by atoms with Crippen LogP contribution >= 0.6 is 23.2 Å². The number of carbonyl (C=O) groups is 1. The number of rotatable bonds is 6. The van der Waals surface area contributed by atoms with Gasteiger partial charge in [-0.1, -0.05) is 29.3 Å². The van der Waals surface area contributed by atoms with Gasteiger partial charge in [0, 0.05) is 45.8 Å². The van der Waals surface area contributed by atoms with E-state index in [2.05, 4.69) is 9.80 Å². The lowest BCUT2D eigenvalue weighted by Gasteiger charge is -2.34. The first-order chi connectivity index (χ1) is 12.1. The van der Waals surface area contributed by atoms with E-state index in [-0.39, 0.29) is 5.91 Å². The second-order valence-corrected chi connectivity index (χ2v) is 7.42. The third-order valence-corrected chi connectivity index (χ3v) is 5.45. The van der Waals surface area contributed by atoms with Gasteiger partial charge in [0.2, 0.25) is 5.91 Å². The van der Waals surface area contributed by atoms with Crippen molar-refractivity contribution in [2.75, 3.05) is 59.0 Å². The molecule has 1 amide bonds. The number of ether oxygens (including phenoxy) is 1. The highest BCUT2D eigenvalue weighted by atomic mass is 35.5. The van der Waals surface area contributed by atoms with E-state index in [4.69, 9.17) is 27.9 Å². The highest BCUT2D eigenvalue weighted by Gasteiger charge is 2.23. The van der Waals surface area contributed by atoms with Crippen LogP contribution in [0.15, 0.2) is 18.2 Å². The van der Waals surface area contributed by atoms with E-state index in [1.54, 1.807) is 18.2 Å². The van der Waals surface area contributed by atoms with Crippen molar-refractivity contribution in [2.45, 2.75) is 12.8 Å². The van der Waals surface area contributed by atoms with Crippen molar-refractivity contribution in [3.8, 4) is 5.75 Å². The number of carbonyl (C=O) groups excluding carboxylic acids is 1. The lowest BCUT2D eigenvalue weighted by molar-refractivity contribution is -0.131. The van der Waals surface area contributed by atoms with E-state index in [1.807, 2.05) is 4.90 Å². The second-order valence-electron chi connectivity index (χ2n) is 6.60. The Hall–Kier alpha value is -1.01. The molecule has 0 atom stereocenters. The zero-order chi connectivity index (χ0) is 17.6. The molecule has 0 radical (unpaired) electrons. The van der Waals surface area contributed by atoms with Crippen LogP contribution in [-0.2, 0) is 4.79 Å². The monoisotopic (exact) mass is 385 g/mol. The Kier molecular flexibility index (Phi) is 6.82. The minimum atomic E-state index is 0.280. The van der Waals surface area contributed by atoms with Crippen LogP contribution in [-0.4, -0.2) is 79.6 Å². The van der Waals surface area contributed by atoms with E-state index in [9.17, 15) is 4.79 Å². The van der Waals surface area contributed by atoms with E-state index in [0.717, 1.165) is 58.7 Å². The molecule has 2 aliphatic rings. The normalized spacial score (nSPS) is 19.4. The Labute approximate surface area is 159 Å². The summed E-state index contributed by atoms with van der Waals surface area (Å²) in [6.45, 7) is 7.55. The van der Waals surface area contributed by atoms with Crippen molar-refractivity contribution < 1.29 is 9.53 Å². The van der Waals surface area contributed by atoms with Crippen LogP contribution in [0.25, 0.3) is 0 Å². The Morgan fingerprint density at radius 2 is 1.56 bits per heavy atom. The summed E-state index contributed by atoms with van der Waals surface area (Å²) in [4.78, 5) is 18.8.